The van der Waals surface area contributed by atoms with Crippen LogP contribution in [-0.4, -0.2) is 17.7 Å². The molecule has 0 heterocycles. The predicted octanol–water partition coefficient (Wildman–Crippen LogP) is 3.59. The number of carbonyl (C=O) groups is 1. The summed E-state index contributed by atoms with van der Waals surface area (Å²) in [6.07, 6.45) is 3.03. The van der Waals surface area contributed by atoms with Gasteiger partial charge in [0.25, 0.3) is 0 Å². The lowest BCUT2D eigenvalue weighted by Gasteiger charge is -2.05. The number of benzene rings is 1. The monoisotopic (exact) mass is 284 g/mol. The maximum Gasteiger partial charge on any atom is 0.133 e. The Morgan fingerprint density at radius 2 is 1.81 bits per heavy atom. The number of para-hydroxylation sites is 1. The van der Waals surface area contributed by atoms with Gasteiger partial charge >= 0.3 is 0 Å². The summed E-state index contributed by atoms with van der Waals surface area (Å²) in [6, 6.07) is 9.68. The Hall–Kier alpha value is -0.830. The molecule has 0 radical (unpaired) electrons. The summed E-state index contributed by atoms with van der Waals surface area (Å²) in [7, 11) is 0. The zero-order valence-electron chi connectivity index (χ0n) is 9.32. The molecule has 88 valence electrons. The van der Waals surface area contributed by atoms with Crippen molar-refractivity contribution in [3.8, 4) is 5.75 Å². The minimum absolute atomic E-state index is 0.330. The van der Waals surface area contributed by atoms with E-state index in [1.54, 1.807) is 0 Å². The van der Waals surface area contributed by atoms with E-state index in [0.29, 0.717) is 25.2 Å². The molecule has 3 heteroatoms. The summed E-state index contributed by atoms with van der Waals surface area (Å²) in [5.41, 5.74) is 0. The van der Waals surface area contributed by atoms with Gasteiger partial charge in [0.2, 0.25) is 0 Å². The van der Waals surface area contributed by atoms with Crippen LogP contribution in [0.15, 0.2) is 30.3 Å². The van der Waals surface area contributed by atoms with Gasteiger partial charge in [-0.15, -0.1) is 0 Å². The molecular formula is C13H17BrO2. The smallest absolute Gasteiger partial charge is 0.133 e. The Morgan fingerprint density at radius 1 is 1.12 bits per heavy atom. The van der Waals surface area contributed by atoms with Crippen LogP contribution >= 0.6 is 15.9 Å². The fraction of sp³-hybridized carbons (Fsp3) is 0.462. The second kappa shape index (κ2) is 8.34. The van der Waals surface area contributed by atoms with Crippen LogP contribution in [0.4, 0.5) is 0 Å². The minimum Gasteiger partial charge on any atom is -0.494 e. The van der Waals surface area contributed by atoms with Crippen LogP contribution in [0.2, 0.25) is 0 Å². The first-order valence-electron chi connectivity index (χ1n) is 5.58. The molecule has 0 aliphatic carbocycles. The Kier molecular flexibility index (Phi) is 6.90. The first-order chi connectivity index (χ1) is 7.83. The molecule has 0 unspecified atom stereocenters. The van der Waals surface area contributed by atoms with Crippen molar-refractivity contribution in [1.82, 2.24) is 0 Å². The largest absolute Gasteiger partial charge is 0.494 e. The van der Waals surface area contributed by atoms with Crippen molar-refractivity contribution in [2.24, 2.45) is 0 Å². The van der Waals surface area contributed by atoms with Crippen LogP contribution in [0, 0.1) is 0 Å². The Morgan fingerprint density at radius 3 is 2.50 bits per heavy atom. The molecule has 0 aromatic heterocycles. The normalized spacial score (nSPS) is 10.1. The quantitative estimate of drug-likeness (QED) is 0.539. The summed E-state index contributed by atoms with van der Waals surface area (Å²) in [4.78, 5) is 11.3. The maximum atomic E-state index is 11.3. The van der Waals surface area contributed by atoms with Crippen molar-refractivity contribution in [3.63, 3.8) is 0 Å². The lowest BCUT2D eigenvalue weighted by atomic mass is 10.1. The molecule has 0 spiro atoms. The third-order valence-electron chi connectivity index (χ3n) is 2.20. The first kappa shape index (κ1) is 13.2. The fourth-order valence-electron chi connectivity index (χ4n) is 1.37. The van der Waals surface area contributed by atoms with Gasteiger partial charge in [-0.3, -0.25) is 4.79 Å². The summed E-state index contributed by atoms with van der Waals surface area (Å²) in [6.45, 7) is 0.615. The zero-order valence-corrected chi connectivity index (χ0v) is 10.9. The summed E-state index contributed by atoms with van der Waals surface area (Å²) < 4.78 is 5.50. The number of Topliss-reactive ketones (excluding diaryl/α,β-unsaturated/α-hetero) is 1. The van der Waals surface area contributed by atoms with Crippen molar-refractivity contribution >= 4 is 21.7 Å². The number of hydrogen-bond acceptors (Lipinski definition) is 2. The number of ketones is 1. The second-order valence-corrected chi connectivity index (χ2v) is 4.39. The molecule has 0 amide bonds. The highest BCUT2D eigenvalue weighted by Gasteiger charge is 2.01. The Bertz CT molecular complexity index is 298. The van der Waals surface area contributed by atoms with Gasteiger partial charge in [-0.2, -0.15) is 0 Å². The third-order valence-corrected chi connectivity index (χ3v) is 2.76. The summed E-state index contributed by atoms with van der Waals surface area (Å²) in [5.74, 6) is 1.20. The molecule has 1 aromatic rings. The molecule has 16 heavy (non-hydrogen) atoms. The first-order valence-corrected chi connectivity index (χ1v) is 6.70. The Balaban J connectivity index is 2.06. The number of ether oxygens (including phenoxy) is 1. The molecule has 1 rings (SSSR count). The molecule has 0 saturated carbocycles. The lowest BCUT2D eigenvalue weighted by molar-refractivity contribution is -0.119. The van der Waals surface area contributed by atoms with E-state index in [1.165, 1.54) is 0 Å². The number of rotatable bonds is 8. The van der Waals surface area contributed by atoms with Crippen LogP contribution in [0.1, 0.15) is 25.7 Å². The summed E-state index contributed by atoms with van der Waals surface area (Å²) in [5, 5.41) is 0.902. The van der Waals surface area contributed by atoms with Crippen LogP contribution < -0.4 is 4.74 Å². The molecule has 0 aliphatic rings. The van der Waals surface area contributed by atoms with Gasteiger partial charge in [-0.25, -0.2) is 0 Å². The van der Waals surface area contributed by atoms with Crippen molar-refractivity contribution in [3.05, 3.63) is 30.3 Å². The van der Waals surface area contributed by atoms with Gasteiger partial charge in [0.05, 0.1) is 6.61 Å². The van der Waals surface area contributed by atoms with E-state index in [0.717, 1.165) is 23.9 Å². The van der Waals surface area contributed by atoms with E-state index in [-0.39, 0.29) is 0 Å². The van der Waals surface area contributed by atoms with Gasteiger partial charge in [-0.05, 0) is 25.0 Å². The lowest BCUT2D eigenvalue weighted by Crippen LogP contribution is -2.03. The minimum atomic E-state index is 0.330. The number of halogens is 1. The van der Waals surface area contributed by atoms with Gasteiger partial charge in [0, 0.05) is 18.2 Å². The molecule has 0 saturated heterocycles. The topological polar surface area (TPSA) is 26.3 Å². The van der Waals surface area contributed by atoms with Crippen LogP contribution in [0.5, 0.6) is 5.75 Å². The van der Waals surface area contributed by atoms with Crippen molar-refractivity contribution in [1.29, 1.82) is 0 Å². The van der Waals surface area contributed by atoms with Crippen molar-refractivity contribution < 1.29 is 9.53 Å². The molecule has 1 aromatic carbocycles. The molecule has 0 aliphatic heterocycles. The van der Waals surface area contributed by atoms with Gasteiger partial charge in [-0.1, -0.05) is 34.1 Å². The van der Waals surface area contributed by atoms with Crippen LogP contribution in [0.25, 0.3) is 0 Å². The van der Waals surface area contributed by atoms with E-state index in [2.05, 4.69) is 15.9 Å². The van der Waals surface area contributed by atoms with Gasteiger partial charge in [0.1, 0.15) is 11.5 Å². The highest BCUT2D eigenvalue weighted by Crippen LogP contribution is 2.09. The van der Waals surface area contributed by atoms with Gasteiger partial charge in [0.15, 0.2) is 0 Å². The van der Waals surface area contributed by atoms with Crippen molar-refractivity contribution in [2.75, 3.05) is 11.9 Å². The van der Waals surface area contributed by atoms with Crippen LogP contribution in [0.3, 0.4) is 0 Å². The van der Waals surface area contributed by atoms with Crippen molar-refractivity contribution in [2.45, 2.75) is 25.7 Å². The SMILES string of the molecule is O=C(CCCBr)CCCOc1ccccc1. The van der Waals surface area contributed by atoms with E-state index >= 15 is 0 Å². The highest BCUT2D eigenvalue weighted by molar-refractivity contribution is 9.09. The molecule has 0 fully saturated rings. The molecule has 2 nitrogen and oxygen atoms in total. The number of alkyl halides is 1. The highest BCUT2D eigenvalue weighted by atomic mass is 79.9. The van der Waals surface area contributed by atoms with E-state index in [9.17, 15) is 4.79 Å². The fourth-order valence-corrected chi connectivity index (χ4v) is 1.65. The average Bonchev–Trinajstić information content (AvgIpc) is 2.33. The average molecular weight is 285 g/mol. The second-order valence-electron chi connectivity index (χ2n) is 3.60. The number of hydrogen-bond donors (Lipinski definition) is 0. The van der Waals surface area contributed by atoms with Gasteiger partial charge < -0.3 is 4.74 Å². The predicted molar refractivity (Wildman–Crippen MR) is 69.2 cm³/mol. The Labute approximate surface area is 105 Å². The van der Waals surface area contributed by atoms with E-state index in [4.69, 9.17) is 4.74 Å². The molecule has 0 atom stereocenters. The molecule has 0 bridgehead atoms. The van der Waals surface area contributed by atoms with E-state index in [1.807, 2.05) is 30.3 Å². The maximum absolute atomic E-state index is 11.3. The summed E-state index contributed by atoms with van der Waals surface area (Å²) >= 11 is 3.31. The van der Waals surface area contributed by atoms with Crippen LogP contribution in [-0.2, 0) is 4.79 Å². The number of carbonyl (C=O) groups excluding carboxylic acids is 1. The molecular weight excluding hydrogens is 268 g/mol. The third kappa shape index (κ3) is 5.91. The molecule has 0 N–H and O–H groups in total. The van der Waals surface area contributed by atoms with E-state index < -0.39 is 0 Å². The standard InChI is InChI=1S/C13H17BrO2/c14-10-4-6-12(15)7-5-11-16-13-8-2-1-3-9-13/h1-3,8-9H,4-7,10-11H2. The zero-order chi connectivity index (χ0) is 11.6.